The molecule has 2 aliphatic rings. The van der Waals surface area contributed by atoms with Crippen molar-refractivity contribution in [3.05, 3.63) is 54.6 Å². The Morgan fingerprint density at radius 2 is 1.78 bits per heavy atom. The van der Waals surface area contributed by atoms with Crippen molar-refractivity contribution in [3.63, 3.8) is 0 Å². The van der Waals surface area contributed by atoms with Crippen LogP contribution in [0.2, 0.25) is 0 Å². The Morgan fingerprint density at radius 1 is 0.913 bits per heavy atom. The van der Waals surface area contributed by atoms with Crippen molar-refractivity contribution in [1.82, 2.24) is 0 Å². The summed E-state index contributed by atoms with van der Waals surface area (Å²) in [7, 11) is 0. The fraction of sp³-hybridized carbons (Fsp3) is 0.200. The lowest BCUT2D eigenvalue weighted by molar-refractivity contribution is 0.481. The normalized spacial score (nSPS) is 14.9. The van der Waals surface area contributed by atoms with Crippen molar-refractivity contribution in [2.45, 2.75) is 19.9 Å². The minimum Gasteiger partial charge on any atom is -0.452 e. The van der Waals surface area contributed by atoms with E-state index < -0.39 is 0 Å². The van der Waals surface area contributed by atoms with Gasteiger partial charge in [-0.3, -0.25) is 0 Å². The van der Waals surface area contributed by atoms with Gasteiger partial charge in [-0.15, -0.1) is 0 Å². The molecule has 0 atom stereocenters. The maximum absolute atomic E-state index is 6.34. The van der Waals surface area contributed by atoms with Gasteiger partial charge in [-0.1, -0.05) is 36.4 Å². The quantitative estimate of drug-likeness (QED) is 0.609. The number of hydrogen-bond donors (Lipinski definition) is 0. The molecule has 0 radical (unpaired) electrons. The molecule has 0 spiro atoms. The predicted molar refractivity (Wildman–Crippen MR) is 95.1 cm³/mol. The zero-order chi connectivity index (χ0) is 15.6. The summed E-state index contributed by atoms with van der Waals surface area (Å²) in [5.41, 5.74) is 3.62. The minimum atomic E-state index is 0.455. The SMILES string of the molecule is CC(C)N1CN2c3ccc4ccccc4c3Oc3cccc1c32. The van der Waals surface area contributed by atoms with E-state index in [0.717, 1.165) is 23.9 Å². The highest BCUT2D eigenvalue weighted by Crippen LogP contribution is 2.55. The number of ether oxygens (including phenoxy) is 1. The highest BCUT2D eigenvalue weighted by molar-refractivity contribution is 6.00. The molecule has 0 unspecified atom stereocenters. The molecule has 0 aliphatic carbocycles. The Morgan fingerprint density at radius 3 is 2.65 bits per heavy atom. The summed E-state index contributed by atoms with van der Waals surface area (Å²) in [5, 5.41) is 2.38. The van der Waals surface area contributed by atoms with Gasteiger partial charge in [-0.25, -0.2) is 0 Å². The van der Waals surface area contributed by atoms with Crippen LogP contribution in [0.4, 0.5) is 17.1 Å². The van der Waals surface area contributed by atoms with Crippen LogP contribution in [0.25, 0.3) is 10.8 Å². The molecule has 3 aromatic rings. The van der Waals surface area contributed by atoms with E-state index in [2.05, 4.69) is 78.2 Å². The molecule has 0 bridgehead atoms. The predicted octanol–water partition coefficient (Wildman–Crippen LogP) is 5.27. The van der Waals surface area contributed by atoms with Crippen LogP contribution in [-0.2, 0) is 0 Å². The van der Waals surface area contributed by atoms with Crippen LogP contribution in [0.1, 0.15) is 13.8 Å². The third-order valence-corrected chi connectivity index (χ3v) is 4.84. The molecular weight excluding hydrogens is 284 g/mol. The summed E-state index contributed by atoms with van der Waals surface area (Å²) in [6, 6.07) is 19.6. The fourth-order valence-electron chi connectivity index (χ4n) is 3.69. The Balaban J connectivity index is 1.78. The van der Waals surface area contributed by atoms with E-state index in [1.165, 1.54) is 22.1 Å². The largest absolute Gasteiger partial charge is 0.452 e. The van der Waals surface area contributed by atoms with Crippen molar-refractivity contribution in [2.75, 3.05) is 16.5 Å². The summed E-state index contributed by atoms with van der Waals surface area (Å²) >= 11 is 0. The lowest BCUT2D eigenvalue weighted by Gasteiger charge is -2.29. The van der Waals surface area contributed by atoms with E-state index in [1.807, 2.05) is 0 Å². The first-order chi connectivity index (χ1) is 11.2. The summed E-state index contributed by atoms with van der Waals surface area (Å²) in [6.07, 6.45) is 0. The molecule has 23 heavy (non-hydrogen) atoms. The zero-order valence-corrected chi connectivity index (χ0v) is 13.3. The van der Waals surface area contributed by atoms with E-state index in [-0.39, 0.29) is 0 Å². The van der Waals surface area contributed by atoms with Gasteiger partial charge in [0.2, 0.25) is 0 Å². The number of para-hydroxylation sites is 1. The molecule has 0 saturated heterocycles. The highest BCUT2D eigenvalue weighted by atomic mass is 16.5. The van der Waals surface area contributed by atoms with E-state index in [4.69, 9.17) is 4.74 Å². The standard InChI is InChI=1S/C20H18N2O/c1-13(2)21-12-22-17-11-10-14-6-3-4-7-15(14)20(17)23-18-9-5-8-16(21)19(18)22/h3-11,13H,12H2,1-2H3. The smallest absolute Gasteiger partial charge is 0.159 e. The number of nitrogens with zero attached hydrogens (tertiary/aromatic N) is 2. The molecule has 0 saturated carbocycles. The molecule has 0 fully saturated rings. The minimum absolute atomic E-state index is 0.455. The number of rotatable bonds is 1. The first-order valence-electron chi connectivity index (χ1n) is 8.11. The fourth-order valence-corrected chi connectivity index (χ4v) is 3.69. The molecule has 3 heteroatoms. The van der Waals surface area contributed by atoms with Gasteiger partial charge in [-0.05, 0) is 37.4 Å². The van der Waals surface area contributed by atoms with Crippen LogP contribution in [0.5, 0.6) is 11.5 Å². The first-order valence-corrected chi connectivity index (χ1v) is 8.11. The lowest BCUT2D eigenvalue weighted by Crippen LogP contribution is -2.33. The van der Waals surface area contributed by atoms with Gasteiger partial charge in [0, 0.05) is 11.4 Å². The summed E-state index contributed by atoms with van der Waals surface area (Å²) in [5.74, 6) is 1.92. The molecule has 5 rings (SSSR count). The summed E-state index contributed by atoms with van der Waals surface area (Å²) < 4.78 is 6.34. The van der Waals surface area contributed by atoms with Crippen molar-refractivity contribution in [3.8, 4) is 11.5 Å². The van der Waals surface area contributed by atoms with Crippen molar-refractivity contribution in [2.24, 2.45) is 0 Å². The van der Waals surface area contributed by atoms with E-state index >= 15 is 0 Å². The van der Waals surface area contributed by atoms with Crippen LogP contribution in [0, 0.1) is 0 Å². The van der Waals surface area contributed by atoms with Crippen LogP contribution < -0.4 is 14.5 Å². The Hall–Kier alpha value is -2.68. The lowest BCUT2D eigenvalue weighted by atomic mass is 10.1. The monoisotopic (exact) mass is 302 g/mol. The number of anilines is 3. The van der Waals surface area contributed by atoms with E-state index in [9.17, 15) is 0 Å². The Bertz CT molecular complexity index is 932. The van der Waals surface area contributed by atoms with Gasteiger partial charge in [0.05, 0.1) is 18.0 Å². The maximum atomic E-state index is 6.34. The molecule has 3 nitrogen and oxygen atoms in total. The van der Waals surface area contributed by atoms with Gasteiger partial charge in [-0.2, -0.15) is 0 Å². The second-order valence-corrected chi connectivity index (χ2v) is 6.49. The van der Waals surface area contributed by atoms with Crippen LogP contribution in [-0.4, -0.2) is 12.7 Å². The van der Waals surface area contributed by atoms with Gasteiger partial charge >= 0.3 is 0 Å². The molecule has 2 aliphatic heterocycles. The zero-order valence-electron chi connectivity index (χ0n) is 13.3. The van der Waals surface area contributed by atoms with Crippen LogP contribution >= 0.6 is 0 Å². The number of benzene rings is 3. The van der Waals surface area contributed by atoms with Gasteiger partial charge in [0.15, 0.2) is 11.5 Å². The number of fused-ring (bicyclic) bond motifs is 4. The van der Waals surface area contributed by atoms with E-state index in [1.54, 1.807) is 0 Å². The molecule has 2 heterocycles. The van der Waals surface area contributed by atoms with Crippen molar-refractivity contribution < 1.29 is 4.74 Å². The molecule has 0 N–H and O–H groups in total. The summed E-state index contributed by atoms with van der Waals surface area (Å²) in [4.78, 5) is 4.81. The van der Waals surface area contributed by atoms with Gasteiger partial charge in [0.25, 0.3) is 0 Å². The molecule has 0 amide bonds. The third kappa shape index (κ3) is 1.65. The number of hydrogen-bond acceptors (Lipinski definition) is 3. The van der Waals surface area contributed by atoms with Crippen molar-refractivity contribution in [1.29, 1.82) is 0 Å². The average Bonchev–Trinajstić information content (AvgIpc) is 2.97. The van der Waals surface area contributed by atoms with Gasteiger partial charge in [0.1, 0.15) is 5.69 Å². The van der Waals surface area contributed by atoms with E-state index in [0.29, 0.717) is 6.04 Å². The molecular formula is C20H18N2O. The maximum Gasteiger partial charge on any atom is 0.159 e. The van der Waals surface area contributed by atoms with Crippen molar-refractivity contribution >= 4 is 27.8 Å². The molecule has 0 aromatic heterocycles. The second-order valence-electron chi connectivity index (χ2n) is 6.49. The van der Waals surface area contributed by atoms with Crippen LogP contribution in [0.3, 0.4) is 0 Å². The highest BCUT2D eigenvalue weighted by Gasteiger charge is 2.36. The summed E-state index contributed by atoms with van der Waals surface area (Å²) in [6.45, 7) is 5.35. The molecule has 3 aromatic carbocycles. The topological polar surface area (TPSA) is 15.7 Å². The molecule has 114 valence electrons. The van der Waals surface area contributed by atoms with Gasteiger partial charge < -0.3 is 14.5 Å². The Kier molecular flexibility index (Phi) is 2.46. The first kappa shape index (κ1) is 12.8. The second kappa shape index (κ2) is 4.42. The third-order valence-electron chi connectivity index (χ3n) is 4.84. The average molecular weight is 302 g/mol. The Labute approximate surface area is 135 Å². The van der Waals surface area contributed by atoms with Crippen LogP contribution in [0.15, 0.2) is 54.6 Å².